The van der Waals surface area contributed by atoms with E-state index < -0.39 is 0 Å². The zero-order valence-corrected chi connectivity index (χ0v) is 12.1. The normalized spacial score (nSPS) is 26.8. The number of rotatable bonds is 1. The predicted molar refractivity (Wildman–Crippen MR) is 79.3 cm³/mol. The van der Waals surface area contributed by atoms with E-state index in [4.69, 9.17) is 0 Å². The van der Waals surface area contributed by atoms with Gasteiger partial charge in [0.05, 0.1) is 5.54 Å². The van der Waals surface area contributed by atoms with Crippen LogP contribution in [0.1, 0.15) is 12.5 Å². The first kappa shape index (κ1) is 12.2. The lowest BCUT2D eigenvalue weighted by Crippen LogP contribution is -2.55. The minimum Gasteiger partial charge on any atom is -0.303 e. The summed E-state index contributed by atoms with van der Waals surface area (Å²) in [5.74, 6) is 0. The smallest absolute Gasteiger partial charge is 0.0572 e. The minimum absolute atomic E-state index is 0.132. The van der Waals surface area contributed by atoms with Crippen LogP contribution < -0.4 is 0 Å². The van der Waals surface area contributed by atoms with Crippen molar-refractivity contribution < 1.29 is 0 Å². The molecule has 1 aromatic heterocycles. The van der Waals surface area contributed by atoms with Crippen LogP contribution in [0.15, 0.2) is 29.6 Å². The SMILES string of the molecule is CN1CCN(C)C(C)(c2csc3ccccc23)C1. The maximum atomic E-state index is 2.50. The fraction of sp³-hybridized carbons (Fsp3) is 0.467. The van der Waals surface area contributed by atoms with Gasteiger partial charge in [-0.05, 0) is 43.4 Å². The van der Waals surface area contributed by atoms with Crippen molar-refractivity contribution in [2.45, 2.75) is 12.5 Å². The van der Waals surface area contributed by atoms with Crippen LogP contribution in [0.5, 0.6) is 0 Å². The summed E-state index contributed by atoms with van der Waals surface area (Å²) in [6.07, 6.45) is 0. The van der Waals surface area contributed by atoms with E-state index in [0.29, 0.717) is 0 Å². The van der Waals surface area contributed by atoms with E-state index in [0.717, 1.165) is 19.6 Å². The molecule has 0 radical (unpaired) electrons. The van der Waals surface area contributed by atoms with Gasteiger partial charge in [0.25, 0.3) is 0 Å². The van der Waals surface area contributed by atoms with Gasteiger partial charge in [0.15, 0.2) is 0 Å². The standard InChI is InChI=1S/C15H20N2S/c1-15(11-16(2)8-9-17(15)3)13-10-18-14-7-5-4-6-12(13)14/h4-7,10H,8-9,11H2,1-3H3. The second kappa shape index (κ2) is 4.34. The third kappa shape index (κ3) is 1.78. The Balaban J connectivity index is 2.12. The van der Waals surface area contributed by atoms with Crippen LogP contribution >= 0.6 is 11.3 Å². The average Bonchev–Trinajstić information content (AvgIpc) is 2.78. The summed E-state index contributed by atoms with van der Waals surface area (Å²) in [5, 5.41) is 3.77. The van der Waals surface area contributed by atoms with Gasteiger partial charge in [-0.1, -0.05) is 18.2 Å². The van der Waals surface area contributed by atoms with E-state index >= 15 is 0 Å². The summed E-state index contributed by atoms with van der Waals surface area (Å²) in [5.41, 5.74) is 1.62. The van der Waals surface area contributed by atoms with E-state index in [1.165, 1.54) is 15.6 Å². The Morgan fingerprint density at radius 1 is 1.17 bits per heavy atom. The first-order valence-corrected chi connectivity index (χ1v) is 7.36. The molecule has 0 bridgehead atoms. The minimum atomic E-state index is 0.132. The Labute approximate surface area is 113 Å². The summed E-state index contributed by atoms with van der Waals surface area (Å²) in [7, 11) is 4.47. The zero-order chi connectivity index (χ0) is 12.8. The Hall–Kier alpha value is -0.900. The molecule has 0 aliphatic carbocycles. The van der Waals surface area contributed by atoms with Gasteiger partial charge < -0.3 is 4.90 Å². The number of nitrogens with zero attached hydrogens (tertiary/aromatic N) is 2. The Kier molecular flexibility index (Phi) is 2.93. The van der Waals surface area contributed by atoms with E-state index in [1.54, 1.807) is 0 Å². The molecule has 1 aliphatic rings. The molecule has 1 atom stereocenters. The highest BCUT2D eigenvalue weighted by atomic mass is 32.1. The molecule has 1 unspecified atom stereocenters. The van der Waals surface area contributed by atoms with Crippen molar-refractivity contribution in [1.82, 2.24) is 9.80 Å². The molecular formula is C15H20N2S. The van der Waals surface area contributed by atoms with Crippen LogP contribution in [-0.2, 0) is 5.54 Å². The molecular weight excluding hydrogens is 240 g/mol. The van der Waals surface area contributed by atoms with Crippen molar-refractivity contribution in [3.8, 4) is 0 Å². The molecule has 1 aromatic carbocycles. The Morgan fingerprint density at radius 3 is 2.78 bits per heavy atom. The van der Waals surface area contributed by atoms with Crippen LogP contribution in [0.25, 0.3) is 10.1 Å². The molecule has 18 heavy (non-hydrogen) atoms. The molecule has 2 heterocycles. The van der Waals surface area contributed by atoms with E-state index in [9.17, 15) is 0 Å². The quantitative estimate of drug-likeness (QED) is 0.778. The fourth-order valence-corrected chi connectivity index (χ4v) is 4.07. The number of likely N-dealkylation sites (N-methyl/N-ethyl adjacent to an activating group) is 2. The van der Waals surface area contributed by atoms with Gasteiger partial charge in [-0.3, -0.25) is 4.90 Å². The van der Waals surface area contributed by atoms with Crippen molar-refractivity contribution in [3.63, 3.8) is 0 Å². The number of fused-ring (bicyclic) bond motifs is 1. The second-order valence-electron chi connectivity index (χ2n) is 5.58. The van der Waals surface area contributed by atoms with Gasteiger partial charge in [0.2, 0.25) is 0 Å². The fourth-order valence-electron chi connectivity index (χ4n) is 2.98. The molecule has 0 N–H and O–H groups in total. The first-order chi connectivity index (χ1) is 8.61. The van der Waals surface area contributed by atoms with Gasteiger partial charge in [-0.15, -0.1) is 11.3 Å². The summed E-state index contributed by atoms with van der Waals surface area (Å²) < 4.78 is 1.40. The van der Waals surface area contributed by atoms with E-state index in [2.05, 4.69) is 60.5 Å². The van der Waals surface area contributed by atoms with Gasteiger partial charge in [-0.25, -0.2) is 0 Å². The third-order valence-corrected chi connectivity index (χ3v) is 5.26. The molecule has 1 saturated heterocycles. The lowest BCUT2D eigenvalue weighted by atomic mass is 9.88. The van der Waals surface area contributed by atoms with E-state index in [1.807, 2.05) is 11.3 Å². The molecule has 96 valence electrons. The summed E-state index contributed by atoms with van der Waals surface area (Å²) in [4.78, 5) is 4.94. The topological polar surface area (TPSA) is 6.48 Å². The molecule has 0 amide bonds. The number of piperazine rings is 1. The summed E-state index contributed by atoms with van der Waals surface area (Å²) >= 11 is 1.86. The molecule has 2 aromatic rings. The van der Waals surface area contributed by atoms with Gasteiger partial charge in [-0.2, -0.15) is 0 Å². The van der Waals surface area contributed by atoms with Crippen molar-refractivity contribution in [2.75, 3.05) is 33.7 Å². The van der Waals surface area contributed by atoms with Crippen LogP contribution in [0.2, 0.25) is 0 Å². The molecule has 1 aliphatic heterocycles. The highest BCUT2D eigenvalue weighted by Gasteiger charge is 2.37. The number of hydrogen-bond donors (Lipinski definition) is 0. The van der Waals surface area contributed by atoms with Crippen LogP contribution in [0, 0.1) is 0 Å². The Bertz CT molecular complexity index is 562. The highest BCUT2D eigenvalue weighted by Crippen LogP contribution is 2.38. The van der Waals surface area contributed by atoms with Crippen LogP contribution in [0.3, 0.4) is 0 Å². The maximum absolute atomic E-state index is 2.50. The summed E-state index contributed by atoms with van der Waals surface area (Å²) in [6, 6.07) is 8.75. The van der Waals surface area contributed by atoms with Gasteiger partial charge in [0, 0.05) is 24.3 Å². The van der Waals surface area contributed by atoms with Gasteiger partial charge in [0.1, 0.15) is 0 Å². The lowest BCUT2D eigenvalue weighted by molar-refractivity contribution is 0.0393. The average molecular weight is 260 g/mol. The van der Waals surface area contributed by atoms with E-state index in [-0.39, 0.29) is 5.54 Å². The lowest BCUT2D eigenvalue weighted by Gasteiger charge is -2.46. The Morgan fingerprint density at radius 2 is 1.94 bits per heavy atom. The van der Waals surface area contributed by atoms with Crippen molar-refractivity contribution >= 4 is 21.4 Å². The maximum Gasteiger partial charge on any atom is 0.0572 e. The molecule has 3 heteroatoms. The van der Waals surface area contributed by atoms with Crippen LogP contribution in [-0.4, -0.2) is 43.5 Å². The second-order valence-corrected chi connectivity index (χ2v) is 6.49. The summed E-state index contributed by atoms with van der Waals surface area (Å²) in [6.45, 7) is 5.77. The van der Waals surface area contributed by atoms with Crippen molar-refractivity contribution in [1.29, 1.82) is 0 Å². The molecule has 1 fully saturated rings. The number of thiophene rings is 1. The highest BCUT2D eigenvalue weighted by molar-refractivity contribution is 7.17. The predicted octanol–water partition coefficient (Wildman–Crippen LogP) is 2.99. The first-order valence-electron chi connectivity index (χ1n) is 6.48. The molecule has 0 spiro atoms. The van der Waals surface area contributed by atoms with Crippen molar-refractivity contribution in [2.24, 2.45) is 0 Å². The third-order valence-electron chi connectivity index (χ3n) is 4.30. The number of hydrogen-bond acceptors (Lipinski definition) is 3. The van der Waals surface area contributed by atoms with Crippen molar-refractivity contribution in [3.05, 3.63) is 35.2 Å². The van der Waals surface area contributed by atoms with Crippen LogP contribution in [0.4, 0.5) is 0 Å². The zero-order valence-electron chi connectivity index (χ0n) is 11.3. The molecule has 2 nitrogen and oxygen atoms in total. The largest absolute Gasteiger partial charge is 0.303 e. The number of benzene rings is 1. The monoisotopic (exact) mass is 260 g/mol. The molecule has 3 rings (SSSR count). The van der Waals surface area contributed by atoms with Gasteiger partial charge >= 0.3 is 0 Å². The molecule has 0 saturated carbocycles.